The van der Waals surface area contributed by atoms with Gasteiger partial charge in [-0.25, -0.2) is 0 Å². The van der Waals surface area contributed by atoms with Crippen molar-refractivity contribution in [2.45, 2.75) is 85.1 Å². The molecule has 0 aliphatic heterocycles. The molecule has 17 heavy (non-hydrogen) atoms. The summed E-state index contributed by atoms with van der Waals surface area (Å²) in [4.78, 5) is 0. The molecule has 1 heteroatoms. The molecule has 1 N–H and O–H groups in total. The molecule has 0 unspecified atom stereocenters. The second-order valence-electron chi connectivity index (χ2n) is 6.09. The molecule has 0 saturated heterocycles. The molecule has 0 aromatic rings. The van der Waals surface area contributed by atoms with Gasteiger partial charge in [0.05, 0.1) is 0 Å². The highest BCUT2D eigenvalue weighted by Gasteiger charge is 2.15. The summed E-state index contributed by atoms with van der Waals surface area (Å²) in [6, 6.07) is 0.757. The maximum absolute atomic E-state index is 3.84. The fourth-order valence-electron chi connectivity index (χ4n) is 2.89. The summed E-state index contributed by atoms with van der Waals surface area (Å²) >= 11 is 0. The average molecular weight is 237 g/mol. The molecule has 0 radical (unpaired) electrons. The molecule has 1 aliphatic carbocycles. The Labute approximate surface area is 108 Å². The number of allylic oxidation sites excluding steroid dienone is 2. The van der Waals surface area contributed by atoms with Crippen molar-refractivity contribution in [3.8, 4) is 0 Å². The van der Waals surface area contributed by atoms with Gasteiger partial charge in [-0.3, -0.25) is 0 Å². The van der Waals surface area contributed by atoms with Crippen LogP contribution in [-0.4, -0.2) is 6.04 Å². The fourth-order valence-corrected chi connectivity index (χ4v) is 2.89. The summed E-state index contributed by atoms with van der Waals surface area (Å²) in [7, 11) is 0. The molecule has 1 saturated carbocycles. The zero-order valence-electron chi connectivity index (χ0n) is 12.3. The van der Waals surface area contributed by atoms with E-state index >= 15 is 0 Å². The van der Waals surface area contributed by atoms with Gasteiger partial charge in [0.25, 0.3) is 0 Å². The first-order valence-corrected chi connectivity index (χ1v) is 7.58. The van der Waals surface area contributed by atoms with Gasteiger partial charge in [-0.15, -0.1) is 0 Å². The van der Waals surface area contributed by atoms with Gasteiger partial charge in [0.1, 0.15) is 0 Å². The Morgan fingerprint density at radius 1 is 1.18 bits per heavy atom. The first kappa shape index (κ1) is 14.6. The highest BCUT2D eigenvalue weighted by molar-refractivity contribution is 5.12. The van der Waals surface area contributed by atoms with Crippen LogP contribution in [0.25, 0.3) is 0 Å². The highest BCUT2D eigenvalue weighted by Crippen LogP contribution is 2.22. The SMILES string of the molecule is CCC/C(NC1CCCCC1)=C(/C)CC(C)C. The van der Waals surface area contributed by atoms with Gasteiger partial charge < -0.3 is 5.32 Å². The maximum Gasteiger partial charge on any atom is 0.0258 e. The van der Waals surface area contributed by atoms with E-state index in [0.717, 1.165) is 12.0 Å². The minimum absolute atomic E-state index is 0.757. The van der Waals surface area contributed by atoms with E-state index in [2.05, 4.69) is 33.0 Å². The van der Waals surface area contributed by atoms with Crippen LogP contribution in [0.2, 0.25) is 0 Å². The fraction of sp³-hybridized carbons (Fsp3) is 0.875. The Kier molecular flexibility index (Phi) is 6.69. The summed E-state index contributed by atoms with van der Waals surface area (Å²) in [6.07, 6.45) is 10.8. The maximum atomic E-state index is 3.84. The van der Waals surface area contributed by atoms with Gasteiger partial charge >= 0.3 is 0 Å². The van der Waals surface area contributed by atoms with Crippen molar-refractivity contribution < 1.29 is 0 Å². The molecule has 1 nitrogen and oxygen atoms in total. The molecular weight excluding hydrogens is 206 g/mol. The van der Waals surface area contributed by atoms with Crippen molar-refractivity contribution in [1.29, 1.82) is 0 Å². The van der Waals surface area contributed by atoms with Crippen LogP contribution in [0.15, 0.2) is 11.3 Å². The Balaban J connectivity index is 2.56. The van der Waals surface area contributed by atoms with Crippen molar-refractivity contribution >= 4 is 0 Å². The number of hydrogen-bond acceptors (Lipinski definition) is 1. The lowest BCUT2D eigenvalue weighted by Crippen LogP contribution is -2.31. The first-order chi connectivity index (χ1) is 8.13. The van der Waals surface area contributed by atoms with Crippen molar-refractivity contribution in [2.24, 2.45) is 5.92 Å². The third kappa shape index (κ3) is 5.61. The molecular formula is C16H31N. The molecule has 100 valence electrons. The second-order valence-corrected chi connectivity index (χ2v) is 6.09. The zero-order chi connectivity index (χ0) is 12.7. The molecule has 1 rings (SSSR count). The van der Waals surface area contributed by atoms with Gasteiger partial charge in [-0.05, 0) is 38.5 Å². The third-order valence-corrected chi connectivity index (χ3v) is 3.71. The molecule has 0 spiro atoms. The van der Waals surface area contributed by atoms with E-state index in [4.69, 9.17) is 0 Å². The van der Waals surface area contributed by atoms with Crippen LogP contribution >= 0.6 is 0 Å². The van der Waals surface area contributed by atoms with Gasteiger partial charge in [0.2, 0.25) is 0 Å². The van der Waals surface area contributed by atoms with E-state index in [1.165, 1.54) is 51.4 Å². The predicted octanol–water partition coefficient (Wildman–Crippen LogP) is 5.03. The van der Waals surface area contributed by atoms with Gasteiger partial charge in [-0.2, -0.15) is 0 Å². The van der Waals surface area contributed by atoms with Crippen LogP contribution in [0.4, 0.5) is 0 Å². The zero-order valence-corrected chi connectivity index (χ0v) is 12.3. The first-order valence-electron chi connectivity index (χ1n) is 7.58. The predicted molar refractivity (Wildman–Crippen MR) is 77.1 cm³/mol. The van der Waals surface area contributed by atoms with Crippen molar-refractivity contribution in [1.82, 2.24) is 5.32 Å². The third-order valence-electron chi connectivity index (χ3n) is 3.71. The number of hydrogen-bond donors (Lipinski definition) is 1. The number of rotatable bonds is 6. The van der Waals surface area contributed by atoms with E-state index in [1.807, 2.05) is 0 Å². The van der Waals surface area contributed by atoms with Gasteiger partial charge in [-0.1, -0.05) is 52.0 Å². The van der Waals surface area contributed by atoms with E-state index < -0.39 is 0 Å². The molecule has 1 fully saturated rings. The highest BCUT2D eigenvalue weighted by atomic mass is 14.9. The molecule has 0 aromatic carbocycles. The lowest BCUT2D eigenvalue weighted by molar-refractivity contribution is 0.390. The molecule has 0 bridgehead atoms. The lowest BCUT2D eigenvalue weighted by Gasteiger charge is -2.27. The molecule has 1 aliphatic rings. The van der Waals surface area contributed by atoms with Crippen molar-refractivity contribution in [2.75, 3.05) is 0 Å². The average Bonchev–Trinajstić information content (AvgIpc) is 2.29. The van der Waals surface area contributed by atoms with E-state index in [9.17, 15) is 0 Å². The Morgan fingerprint density at radius 3 is 2.35 bits per heavy atom. The topological polar surface area (TPSA) is 12.0 Å². The summed E-state index contributed by atoms with van der Waals surface area (Å²) < 4.78 is 0. The number of nitrogens with one attached hydrogen (secondary N) is 1. The largest absolute Gasteiger partial charge is 0.386 e. The Bertz CT molecular complexity index is 234. The van der Waals surface area contributed by atoms with E-state index in [0.29, 0.717) is 0 Å². The summed E-state index contributed by atoms with van der Waals surface area (Å²) in [5.74, 6) is 0.773. The van der Waals surface area contributed by atoms with Crippen LogP contribution < -0.4 is 5.32 Å². The Morgan fingerprint density at radius 2 is 1.82 bits per heavy atom. The van der Waals surface area contributed by atoms with Crippen LogP contribution in [-0.2, 0) is 0 Å². The van der Waals surface area contributed by atoms with Gasteiger partial charge in [0, 0.05) is 11.7 Å². The summed E-state index contributed by atoms with van der Waals surface area (Å²) in [5, 5.41) is 3.84. The van der Waals surface area contributed by atoms with Crippen LogP contribution in [0.5, 0.6) is 0 Å². The van der Waals surface area contributed by atoms with Crippen molar-refractivity contribution in [3.63, 3.8) is 0 Å². The monoisotopic (exact) mass is 237 g/mol. The van der Waals surface area contributed by atoms with Crippen LogP contribution in [0.3, 0.4) is 0 Å². The van der Waals surface area contributed by atoms with E-state index in [1.54, 1.807) is 11.3 Å². The van der Waals surface area contributed by atoms with Gasteiger partial charge in [0.15, 0.2) is 0 Å². The quantitative estimate of drug-likeness (QED) is 0.683. The molecule has 0 atom stereocenters. The van der Waals surface area contributed by atoms with Crippen LogP contribution in [0, 0.1) is 5.92 Å². The normalized spacial score (nSPS) is 19.4. The second kappa shape index (κ2) is 7.79. The minimum atomic E-state index is 0.757. The lowest BCUT2D eigenvalue weighted by atomic mass is 9.94. The molecule has 0 heterocycles. The van der Waals surface area contributed by atoms with Crippen LogP contribution in [0.1, 0.15) is 79.1 Å². The van der Waals surface area contributed by atoms with Crippen molar-refractivity contribution in [3.05, 3.63) is 11.3 Å². The molecule has 0 aromatic heterocycles. The summed E-state index contributed by atoms with van der Waals surface area (Å²) in [6.45, 7) is 9.23. The summed E-state index contributed by atoms with van der Waals surface area (Å²) in [5.41, 5.74) is 3.14. The van der Waals surface area contributed by atoms with E-state index in [-0.39, 0.29) is 0 Å². The minimum Gasteiger partial charge on any atom is -0.386 e. The smallest absolute Gasteiger partial charge is 0.0258 e. The standard InChI is InChI=1S/C16H31N/c1-5-9-16(14(4)12-13(2)3)17-15-10-7-6-8-11-15/h13,15,17H,5-12H2,1-4H3/b16-14+. The Hall–Kier alpha value is -0.460. The molecule has 0 amide bonds.